The van der Waals surface area contributed by atoms with Crippen molar-refractivity contribution < 1.29 is 14.5 Å². The van der Waals surface area contributed by atoms with E-state index in [1.54, 1.807) is 24.4 Å². The highest BCUT2D eigenvalue weighted by atomic mass is 16.6. The molecular weight excluding hydrogens is 394 g/mol. The van der Waals surface area contributed by atoms with Gasteiger partial charge in [-0.25, -0.2) is 0 Å². The van der Waals surface area contributed by atoms with Crippen LogP contribution in [0.15, 0.2) is 72.9 Å². The van der Waals surface area contributed by atoms with E-state index in [1.165, 1.54) is 12.1 Å². The van der Waals surface area contributed by atoms with Crippen LogP contribution in [-0.4, -0.2) is 15.8 Å². The first kappa shape index (κ1) is 21.7. The molecular formula is C24H23N3O4. The maximum atomic E-state index is 12.3. The Kier molecular flexibility index (Phi) is 7.11. The van der Waals surface area contributed by atoms with Crippen molar-refractivity contribution in [1.82, 2.24) is 10.3 Å². The van der Waals surface area contributed by atoms with Crippen molar-refractivity contribution in [2.24, 2.45) is 0 Å². The van der Waals surface area contributed by atoms with Crippen LogP contribution in [0.5, 0.6) is 5.75 Å². The van der Waals surface area contributed by atoms with Gasteiger partial charge in [-0.1, -0.05) is 30.3 Å². The van der Waals surface area contributed by atoms with Gasteiger partial charge in [-0.3, -0.25) is 19.9 Å². The molecule has 0 radical (unpaired) electrons. The van der Waals surface area contributed by atoms with Gasteiger partial charge >= 0.3 is 5.69 Å². The summed E-state index contributed by atoms with van der Waals surface area (Å²) in [5.41, 5.74) is 3.22. The van der Waals surface area contributed by atoms with Crippen molar-refractivity contribution in [3.05, 3.63) is 105 Å². The minimum absolute atomic E-state index is 0.128. The van der Waals surface area contributed by atoms with Gasteiger partial charge in [0.25, 0.3) is 0 Å². The number of carbonyl (C=O) groups excluding carboxylic acids is 1. The second-order valence-electron chi connectivity index (χ2n) is 7.08. The van der Waals surface area contributed by atoms with Crippen molar-refractivity contribution in [2.45, 2.75) is 26.5 Å². The fraction of sp³-hybridized carbons (Fsp3) is 0.167. The van der Waals surface area contributed by atoms with Crippen LogP contribution < -0.4 is 10.1 Å². The number of benzene rings is 2. The lowest BCUT2D eigenvalue weighted by molar-refractivity contribution is -0.385. The first-order chi connectivity index (χ1) is 14.9. The van der Waals surface area contributed by atoms with Crippen LogP contribution in [0.2, 0.25) is 0 Å². The van der Waals surface area contributed by atoms with Gasteiger partial charge in [0.05, 0.1) is 16.7 Å². The van der Waals surface area contributed by atoms with E-state index in [9.17, 15) is 14.9 Å². The first-order valence-electron chi connectivity index (χ1n) is 9.78. The van der Waals surface area contributed by atoms with E-state index in [0.717, 1.165) is 16.8 Å². The molecule has 1 N–H and O–H groups in total. The van der Waals surface area contributed by atoms with Crippen molar-refractivity contribution >= 4 is 17.7 Å². The van der Waals surface area contributed by atoms with E-state index in [-0.39, 0.29) is 30.0 Å². The summed E-state index contributed by atoms with van der Waals surface area (Å²) in [4.78, 5) is 27.4. The van der Waals surface area contributed by atoms with Crippen LogP contribution in [0, 0.1) is 17.0 Å². The monoisotopic (exact) mass is 417 g/mol. The average Bonchev–Trinajstić information content (AvgIpc) is 2.77. The summed E-state index contributed by atoms with van der Waals surface area (Å²) in [5.74, 6) is -0.144. The molecule has 0 saturated carbocycles. The minimum atomic E-state index is -0.489. The lowest BCUT2D eigenvalue weighted by Crippen LogP contribution is -2.25. The van der Waals surface area contributed by atoms with E-state index in [2.05, 4.69) is 10.3 Å². The zero-order valence-electron chi connectivity index (χ0n) is 17.3. The topological polar surface area (TPSA) is 94.4 Å². The zero-order valence-corrected chi connectivity index (χ0v) is 17.3. The number of carbonyl (C=O) groups is 1. The molecule has 1 amide bonds. The molecule has 1 aromatic heterocycles. The summed E-state index contributed by atoms with van der Waals surface area (Å²) in [6.07, 6.45) is 4.68. The fourth-order valence-corrected chi connectivity index (χ4v) is 2.94. The van der Waals surface area contributed by atoms with Gasteiger partial charge in [-0.2, -0.15) is 0 Å². The Balaban J connectivity index is 1.69. The summed E-state index contributed by atoms with van der Waals surface area (Å²) in [7, 11) is 0. The van der Waals surface area contributed by atoms with E-state index in [0.29, 0.717) is 5.56 Å². The molecule has 0 aliphatic rings. The van der Waals surface area contributed by atoms with Gasteiger partial charge in [-0.05, 0) is 60.9 Å². The predicted octanol–water partition coefficient (Wildman–Crippen LogP) is 4.77. The second kappa shape index (κ2) is 10.2. The van der Waals surface area contributed by atoms with Crippen LogP contribution in [0.1, 0.15) is 35.3 Å². The molecule has 3 aromatic rings. The second-order valence-corrected chi connectivity index (χ2v) is 7.08. The number of nitrogens with one attached hydrogen (secondary N) is 1. The molecule has 0 aliphatic heterocycles. The number of nitrogens with zero attached hydrogens (tertiary/aromatic N) is 2. The number of nitro groups is 1. The maximum absolute atomic E-state index is 12.3. The van der Waals surface area contributed by atoms with Crippen molar-refractivity contribution in [2.75, 3.05) is 0 Å². The van der Waals surface area contributed by atoms with Crippen molar-refractivity contribution in [1.29, 1.82) is 0 Å². The van der Waals surface area contributed by atoms with E-state index in [4.69, 9.17) is 4.74 Å². The Morgan fingerprint density at radius 3 is 2.68 bits per heavy atom. The molecule has 2 aromatic carbocycles. The first-order valence-corrected chi connectivity index (χ1v) is 9.78. The summed E-state index contributed by atoms with van der Waals surface area (Å²) < 4.78 is 5.68. The summed E-state index contributed by atoms with van der Waals surface area (Å²) in [6, 6.07) is 17.4. The highest BCUT2D eigenvalue weighted by Crippen LogP contribution is 2.29. The van der Waals surface area contributed by atoms with E-state index >= 15 is 0 Å². The Morgan fingerprint density at radius 1 is 1.19 bits per heavy atom. The summed E-state index contributed by atoms with van der Waals surface area (Å²) >= 11 is 0. The number of pyridine rings is 1. The van der Waals surface area contributed by atoms with Gasteiger partial charge in [0, 0.05) is 18.3 Å². The maximum Gasteiger partial charge on any atom is 0.310 e. The van der Waals surface area contributed by atoms with Crippen LogP contribution in [0.4, 0.5) is 5.69 Å². The van der Waals surface area contributed by atoms with Crippen LogP contribution in [0.25, 0.3) is 6.08 Å². The zero-order chi connectivity index (χ0) is 22.2. The minimum Gasteiger partial charge on any atom is -0.482 e. The number of hydrogen-bond acceptors (Lipinski definition) is 5. The molecule has 31 heavy (non-hydrogen) atoms. The lowest BCUT2D eigenvalue weighted by atomic mass is 10.1. The Bertz CT molecular complexity index is 1100. The highest BCUT2D eigenvalue weighted by Gasteiger charge is 2.15. The molecule has 0 spiro atoms. The SMILES string of the molecule is Cc1ccnc(C(C)NC(=O)/C=C/c2ccc([N+](=O)[O-])c(OCc3ccccc3)c2)c1. The van der Waals surface area contributed by atoms with Gasteiger partial charge in [0.2, 0.25) is 5.91 Å². The molecule has 1 atom stereocenters. The van der Waals surface area contributed by atoms with Crippen molar-refractivity contribution in [3.63, 3.8) is 0 Å². The number of aromatic nitrogens is 1. The van der Waals surface area contributed by atoms with E-state index in [1.807, 2.05) is 56.3 Å². The molecule has 0 aliphatic carbocycles. The van der Waals surface area contributed by atoms with Crippen LogP contribution >= 0.6 is 0 Å². The third-order valence-corrected chi connectivity index (χ3v) is 4.58. The fourth-order valence-electron chi connectivity index (χ4n) is 2.94. The average molecular weight is 417 g/mol. The molecule has 158 valence electrons. The molecule has 0 bridgehead atoms. The van der Waals surface area contributed by atoms with Gasteiger partial charge in [0.1, 0.15) is 6.61 Å². The molecule has 0 saturated heterocycles. The number of amides is 1. The number of nitro benzene ring substituents is 1. The normalized spacial score (nSPS) is 11.8. The molecule has 1 unspecified atom stereocenters. The van der Waals surface area contributed by atoms with Gasteiger partial charge in [-0.15, -0.1) is 0 Å². The Labute approximate surface area is 180 Å². The third kappa shape index (κ3) is 6.24. The Morgan fingerprint density at radius 2 is 1.97 bits per heavy atom. The number of hydrogen-bond donors (Lipinski definition) is 1. The molecule has 1 heterocycles. The predicted molar refractivity (Wildman–Crippen MR) is 118 cm³/mol. The molecule has 0 fully saturated rings. The summed E-state index contributed by atoms with van der Waals surface area (Å²) in [5, 5.41) is 14.2. The molecule has 3 rings (SSSR count). The largest absolute Gasteiger partial charge is 0.482 e. The smallest absolute Gasteiger partial charge is 0.310 e. The van der Waals surface area contributed by atoms with Crippen LogP contribution in [-0.2, 0) is 11.4 Å². The highest BCUT2D eigenvalue weighted by molar-refractivity contribution is 5.92. The van der Waals surface area contributed by atoms with Gasteiger partial charge < -0.3 is 10.1 Å². The number of ether oxygens (including phenoxy) is 1. The third-order valence-electron chi connectivity index (χ3n) is 4.58. The van der Waals surface area contributed by atoms with E-state index < -0.39 is 4.92 Å². The lowest BCUT2D eigenvalue weighted by Gasteiger charge is -2.12. The Hall–Kier alpha value is -4.00. The van der Waals surface area contributed by atoms with Crippen molar-refractivity contribution in [3.8, 4) is 5.75 Å². The number of aryl methyl sites for hydroxylation is 1. The van der Waals surface area contributed by atoms with Gasteiger partial charge in [0.15, 0.2) is 5.75 Å². The standard InChI is InChI=1S/C24H23N3O4/c1-17-12-13-25-21(14-17)18(2)26-24(28)11-9-19-8-10-22(27(29)30)23(15-19)31-16-20-6-4-3-5-7-20/h3-15,18H,16H2,1-2H3,(H,26,28)/b11-9+. The summed E-state index contributed by atoms with van der Waals surface area (Å²) in [6.45, 7) is 4.02. The molecule has 7 heteroatoms. The molecule has 7 nitrogen and oxygen atoms in total. The van der Waals surface area contributed by atoms with Crippen LogP contribution in [0.3, 0.4) is 0 Å². The quantitative estimate of drug-likeness (QED) is 0.324. The number of rotatable bonds is 8.